The van der Waals surface area contributed by atoms with Crippen molar-refractivity contribution in [2.24, 2.45) is 11.1 Å². The van der Waals surface area contributed by atoms with Gasteiger partial charge in [-0.05, 0) is 72.6 Å². The van der Waals surface area contributed by atoms with Crippen LogP contribution in [0.1, 0.15) is 81.3 Å². The number of hydrogen-bond donors (Lipinski definition) is 2. The molecule has 5 rings (SSSR count). The van der Waals surface area contributed by atoms with E-state index in [1.54, 1.807) is 35.5 Å². The molecular formula is C46H64N6O8. The molecule has 1 fully saturated rings. The van der Waals surface area contributed by atoms with E-state index in [9.17, 15) is 4.79 Å². The third kappa shape index (κ3) is 11.8. The Kier molecular flexibility index (Phi) is 16.0. The fourth-order valence-electron chi connectivity index (χ4n) is 7.79. The quantitative estimate of drug-likeness (QED) is 0.0832. The van der Waals surface area contributed by atoms with E-state index in [4.69, 9.17) is 54.6 Å². The highest BCUT2D eigenvalue weighted by Gasteiger charge is 2.37. The second-order valence-corrected chi connectivity index (χ2v) is 16.2. The SMILES string of the molecule is CCCCOc1nc(CCc2ccc(CN3CCC(OC(N)=O)CC3C(C)(C)C)cc2OC)c(N)c(N(Cc2ccc(OC)cc2OC)Cc2ccc(OC)cc2OC)n1. The number of nitrogens with two attached hydrogens (primary N) is 2. The number of hydrogen-bond acceptors (Lipinski definition) is 13. The van der Waals surface area contributed by atoms with Crippen molar-refractivity contribution in [1.29, 1.82) is 0 Å². The van der Waals surface area contributed by atoms with Crippen molar-refractivity contribution in [3.63, 3.8) is 0 Å². The number of carbonyl (C=O) groups excluding carboxylic acids is 1. The molecule has 1 saturated heterocycles. The zero-order valence-corrected chi connectivity index (χ0v) is 36.8. The van der Waals surface area contributed by atoms with Gasteiger partial charge in [0, 0.05) is 61.9 Å². The maximum absolute atomic E-state index is 11.5. The number of amides is 1. The fourth-order valence-corrected chi connectivity index (χ4v) is 7.79. The summed E-state index contributed by atoms with van der Waals surface area (Å²) in [6.07, 6.45) is 3.49. The molecule has 14 heteroatoms. The Hall–Kier alpha value is -5.63. The lowest BCUT2D eigenvalue weighted by Crippen LogP contribution is -2.51. The average Bonchev–Trinajstić information content (AvgIpc) is 3.23. The number of unbranched alkanes of at least 4 members (excludes halogenated alkanes) is 1. The van der Waals surface area contributed by atoms with E-state index >= 15 is 0 Å². The van der Waals surface area contributed by atoms with Gasteiger partial charge in [0.1, 0.15) is 34.9 Å². The predicted molar refractivity (Wildman–Crippen MR) is 234 cm³/mol. The van der Waals surface area contributed by atoms with Crippen LogP contribution >= 0.6 is 0 Å². The molecule has 2 heterocycles. The van der Waals surface area contributed by atoms with Crippen LogP contribution in [0.3, 0.4) is 0 Å². The number of rotatable bonds is 20. The van der Waals surface area contributed by atoms with Crippen LogP contribution in [0.15, 0.2) is 54.6 Å². The minimum Gasteiger partial charge on any atom is -0.497 e. The van der Waals surface area contributed by atoms with Gasteiger partial charge in [-0.15, -0.1) is 0 Å². The molecule has 2 unspecified atom stereocenters. The summed E-state index contributed by atoms with van der Waals surface area (Å²) in [5.41, 5.74) is 17.5. The Morgan fingerprint density at radius 1 is 0.817 bits per heavy atom. The summed E-state index contributed by atoms with van der Waals surface area (Å²) in [4.78, 5) is 25.9. The molecule has 1 aliphatic rings. The second-order valence-electron chi connectivity index (χ2n) is 16.2. The number of nitrogen functional groups attached to an aromatic ring is 1. The van der Waals surface area contributed by atoms with Crippen LogP contribution in [0.2, 0.25) is 0 Å². The fraction of sp³-hybridized carbons (Fsp3) is 0.500. The monoisotopic (exact) mass is 828 g/mol. The number of ether oxygens (including phenoxy) is 7. The van der Waals surface area contributed by atoms with Gasteiger partial charge in [0.15, 0.2) is 5.82 Å². The molecule has 4 N–H and O–H groups in total. The maximum atomic E-state index is 11.5. The van der Waals surface area contributed by atoms with Crippen LogP contribution in [0.4, 0.5) is 16.3 Å². The van der Waals surface area contributed by atoms with Crippen LogP contribution in [0, 0.1) is 5.41 Å². The Labute approximate surface area is 355 Å². The molecule has 1 amide bonds. The normalized spacial score (nSPS) is 15.6. The van der Waals surface area contributed by atoms with Crippen LogP contribution in [-0.4, -0.2) is 81.8 Å². The smallest absolute Gasteiger partial charge is 0.404 e. The molecule has 1 aromatic heterocycles. The molecule has 4 aromatic rings. The Bertz CT molecular complexity index is 1980. The number of carbonyl (C=O) groups is 1. The summed E-state index contributed by atoms with van der Waals surface area (Å²) in [5.74, 6) is 4.02. The maximum Gasteiger partial charge on any atom is 0.404 e. The predicted octanol–water partition coefficient (Wildman–Crippen LogP) is 7.75. The van der Waals surface area contributed by atoms with Gasteiger partial charge in [-0.1, -0.05) is 46.2 Å². The van der Waals surface area contributed by atoms with Crippen molar-refractivity contribution in [1.82, 2.24) is 14.9 Å². The van der Waals surface area contributed by atoms with Crippen molar-refractivity contribution >= 4 is 17.6 Å². The van der Waals surface area contributed by atoms with Crippen molar-refractivity contribution < 1.29 is 38.0 Å². The first-order valence-electron chi connectivity index (χ1n) is 20.6. The van der Waals surface area contributed by atoms with E-state index in [0.717, 1.165) is 66.8 Å². The Balaban J connectivity index is 1.47. The highest BCUT2D eigenvalue weighted by molar-refractivity contribution is 5.67. The Morgan fingerprint density at radius 2 is 1.42 bits per heavy atom. The molecule has 1 aliphatic heterocycles. The molecule has 14 nitrogen and oxygen atoms in total. The highest BCUT2D eigenvalue weighted by atomic mass is 16.6. The van der Waals surface area contributed by atoms with E-state index in [-0.39, 0.29) is 23.6 Å². The minimum absolute atomic E-state index is 0.0316. The first kappa shape index (κ1) is 45.5. The third-order valence-electron chi connectivity index (χ3n) is 11.0. The second kappa shape index (κ2) is 21.1. The molecule has 0 bridgehead atoms. The van der Waals surface area contributed by atoms with Crippen molar-refractivity contribution in [3.05, 3.63) is 82.5 Å². The van der Waals surface area contributed by atoms with Gasteiger partial charge in [0.25, 0.3) is 0 Å². The molecule has 0 saturated carbocycles. The molecule has 60 heavy (non-hydrogen) atoms. The molecule has 0 radical (unpaired) electrons. The van der Waals surface area contributed by atoms with Gasteiger partial charge in [0.05, 0.1) is 53.5 Å². The Morgan fingerprint density at radius 3 is 1.97 bits per heavy atom. The number of aromatic nitrogens is 2. The summed E-state index contributed by atoms with van der Waals surface area (Å²) in [5, 5.41) is 0. The van der Waals surface area contributed by atoms with Crippen molar-refractivity contribution in [2.75, 3.05) is 59.3 Å². The lowest BCUT2D eigenvalue weighted by Gasteiger charge is -2.45. The highest BCUT2D eigenvalue weighted by Crippen LogP contribution is 2.37. The molecule has 2 atom stereocenters. The number of benzene rings is 3. The van der Waals surface area contributed by atoms with Gasteiger partial charge in [-0.3, -0.25) is 4.90 Å². The van der Waals surface area contributed by atoms with Crippen LogP contribution in [0.5, 0.6) is 34.8 Å². The third-order valence-corrected chi connectivity index (χ3v) is 11.0. The number of methoxy groups -OCH3 is 5. The van der Waals surface area contributed by atoms with E-state index in [2.05, 4.69) is 55.7 Å². The van der Waals surface area contributed by atoms with Gasteiger partial charge in [-0.2, -0.15) is 9.97 Å². The molecule has 0 aliphatic carbocycles. The average molecular weight is 829 g/mol. The zero-order chi connectivity index (χ0) is 43.4. The first-order valence-corrected chi connectivity index (χ1v) is 20.6. The number of piperidine rings is 1. The standard InChI is InChI=1S/C46H64N6O8/c1-10-11-22-59-45-49-37(19-16-31-13-12-30(23-38(31)56-7)27-51-21-20-36(60-44(48)53)26-41(51)46(2,3)4)42(47)43(50-45)52(28-32-14-17-34(54-5)24-39(32)57-8)29-33-15-18-35(55-6)25-40(33)58-9/h12-15,17-18,23-25,36,41H,10-11,16,19-22,26-29,47H2,1-9H3,(H2,48,53). The van der Waals surface area contributed by atoms with Gasteiger partial charge >= 0.3 is 12.1 Å². The van der Waals surface area contributed by atoms with E-state index in [0.29, 0.717) is 72.7 Å². The topological polar surface area (TPSA) is 166 Å². The van der Waals surface area contributed by atoms with Gasteiger partial charge in [0.2, 0.25) is 0 Å². The number of aryl methyl sites for hydroxylation is 2. The van der Waals surface area contributed by atoms with Crippen LogP contribution < -0.4 is 44.8 Å². The number of primary amides is 1. The van der Waals surface area contributed by atoms with E-state index in [1.807, 2.05) is 36.4 Å². The summed E-state index contributed by atoms with van der Waals surface area (Å²) < 4.78 is 40.2. The van der Waals surface area contributed by atoms with Crippen molar-refractivity contribution in [3.8, 4) is 34.8 Å². The lowest BCUT2D eigenvalue weighted by atomic mass is 9.79. The zero-order valence-electron chi connectivity index (χ0n) is 36.8. The summed E-state index contributed by atoms with van der Waals surface area (Å²) in [7, 11) is 8.23. The lowest BCUT2D eigenvalue weighted by molar-refractivity contribution is -0.0146. The number of anilines is 2. The van der Waals surface area contributed by atoms with E-state index < -0.39 is 6.09 Å². The van der Waals surface area contributed by atoms with Gasteiger partial charge in [-0.25, -0.2) is 4.79 Å². The van der Waals surface area contributed by atoms with Crippen LogP contribution in [0.25, 0.3) is 0 Å². The summed E-state index contributed by atoms with van der Waals surface area (Å²) >= 11 is 0. The summed E-state index contributed by atoms with van der Waals surface area (Å²) in [6.45, 7) is 11.5. The minimum atomic E-state index is -0.720. The molecule has 3 aromatic carbocycles. The molecule has 326 valence electrons. The van der Waals surface area contributed by atoms with Gasteiger partial charge < -0.3 is 49.5 Å². The van der Waals surface area contributed by atoms with Crippen LogP contribution in [-0.2, 0) is 37.2 Å². The first-order chi connectivity index (χ1) is 28.8. The number of nitrogens with zero attached hydrogens (tertiary/aromatic N) is 4. The summed E-state index contributed by atoms with van der Waals surface area (Å²) in [6, 6.07) is 18.3. The molecular weight excluding hydrogens is 765 g/mol. The van der Waals surface area contributed by atoms with Crippen molar-refractivity contribution in [2.45, 2.75) is 98.0 Å². The molecule has 0 spiro atoms. The number of likely N-dealkylation sites (tertiary alicyclic amines) is 1. The largest absolute Gasteiger partial charge is 0.497 e. The van der Waals surface area contributed by atoms with E-state index in [1.165, 1.54) is 0 Å².